The molecule has 1 fully saturated rings. The van der Waals surface area contributed by atoms with Crippen molar-refractivity contribution in [2.45, 2.75) is 43.3 Å². The Morgan fingerprint density at radius 1 is 1.36 bits per heavy atom. The van der Waals surface area contributed by atoms with Gasteiger partial charge in [-0.05, 0) is 49.6 Å². The van der Waals surface area contributed by atoms with Crippen molar-refractivity contribution in [3.05, 3.63) is 23.9 Å². The molecule has 7 heteroatoms. The standard InChI is InChI=1S/C15H21N3O3S/c1-22-13-8-10(6-7-16-13)9-17-15(21)18-12-4-2-11(3-5-12)14(19)20/h6-8,11-12H,2-5,9H2,1H3,(H,19,20)(H2,17,18,21). The molecular weight excluding hydrogens is 302 g/mol. The summed E-state index contributed by atoms with van der Waals surface area (Å²) >= 11 is 1.56. The maximum Gasteiger partial charge on any atom is 0.315 e. The minimum atomic E-state index is -0.731. The van der Waals surface area contributed by atoms with E-state index in [-0.39, 0.29) is 18.0 Å². The number of hydrogen-bond acceptors (Lipinski definition) is 4. The van der Waals surface area contributed by atoms with E-state index in [1.165, 1.54) is 0 Å². The summed E-state index contributed by atoms with van der Waals surface area (Å²) in [4.78, 5) is 27.0. The first-order valence-corrected chi connectivity index (χ1v) is 8.57. The van der Waals surface area contributed by atoms with Crippen molar-refractivity contribution in [2.75, 3.05) is 6.26 Å². The number of urea groups is 1. The van der Waals surface area contributed by atoms with Crippen LogP contribution in [0.5, 0.6) is 0 Å². The Kier molecular flexibility index (Phi) is 6.06. The highest BCUT2D eigenvalue weighted by Gasteiger charge is 2.26. The molecule has 0 spiro atoms. The van der Waals surface area contributed by atoms with E-state index in [0.29, 0.717) is 19.4 Å². The maximum absolute atomic E-state index is 11.9. The van der Waals surface area contributed by atoms with Gasteiger partial charge in [0.25, 0.3) is 0 Å². The molecule has 1 heterocycles. The average molecular weight is 323 g/mol. The van der Waals surface area contributed by atoms with Gasteiger partial charge in [-0.25, -0.2) is 9.78 Å². The molecule has 0 unspecified atom stereocenters. The van der Waals surface area contributed by atoms with E-state index < -0.39 is 5.97 Å². The molecule has 1 aromatic heterocycles. The minimum absolute atomic E-state index is 0.0646. The lowest BCUT2D eigenvalue weighted by atomic mass is 9.86. The lowest BCUT2D eigenvalue weighted by molar-refractivity contribution is -0.142. The Bertz CT molecular complexity index is 531. The highest BCUT2D eigenvalue weighted by molar-refractivity contribution is 7.98. The third-order valence-corrected chi connectivity index (χ3v) is 4.51. The fraction of sp³-hybridized carbons (Fsp3) is 0.533. The summed E-state index contributed by atoms with van der Waals surface area (Å²) in [7, 11) is 0. The van der Waals surface area contributed by atoms with E-state index in [2.05, 4.69) is 15.6 Å². The van der Waals surface area contributed by atoms with Crippen molar-refractivity contribution in [3.8, 4) is 0 Å². The van der Waals surface area contributed by atoms with Crippen molar-refractivity contribution >= 4 is 23.8 Å². The summed E-state index contributed by atoms with van der Waals surface area (Å²) in [6.07, 6.45) is 6.38. The molecule has 0 radical (unpaired) electrons. The first-order chi connectivity index (χ1) is 10.6. The Hall–Kier alpha value is -1.76. The van der Waals surface area contributed by atoms with Gasteiger partial charge in [0.05, 0.1) is 10.9 Å². The highest BCUT2D eigenvalue weighted by Crippen LogP contribution is 2.24. The Labute approximate surface area is 134 Å². The third-order valence-electron chi connectivity index (χ3n) is 3.87. The summed E-state index contributed by atoms with van der Waals surface area (Å²) in [6.45, 7) is 0.451. The summed E-state index contributed by atoms with van der Waals surface area (Å²) in [5, 5.41) is 15.6. The fourth-order valence-electron chi connectivity index (χ4n) is 2.58. The van der Waals surface area contributed by atoms with E-state index in [4.69, 9.17) is 5.11 Å². The van der Waals surface area contributed by atoms with Gasteiger partial charge in [-0.2, -0.15) is 0 Å². The smallest absolute Gasteiger partial charge is 0.315 e. The fourth-order valence-corrected chi connectivity index (χ4v) is 3.01. The highest BCUT2D eigenvalue weighted by atomic mass is 32.2. The second-order valence-electron chi connectivity index (χ2n) is 5.42. The van der Waals surface area contributed by atoms with Crippen LogP contribution in [0, 0.1) is 5.92 Å². The van der Waals surface area contributed by atoms with Crippen molar-refractivity contribution < 1.29 is 14.7 Å². The minimum Gasteiger partial charge on any atom is -0.481 e. The Morgan fingerprint density at radius 2 is 2.09 bits per heavy atom. The number of carbonyl (C=O) groups is 2. The molecule has 22 heavy (non-hydrogen) atoms. The van der Waals surface area contributed by atoms with Gasteiger partial charge in [-0.3, -0.25) is 4.79 Å². The van der Waals surface area contributed by atoms with Crippen LogP contribution in [-0.2, 0) is 11.3 Å². The number of carboxylic acids is 1. The van der Waals surface area contributed by atoms with Crippen molar-refractivity contribution in [1.29, 1.82) is 0 Å². The van der Waals surface area contributed by atoms with Gasteiger partial charge < -0.3 is 15.7 Å². The quantitative estimate of drug-likeness (QED) is 0.723. The van der Waals surface area contributed by atoms with Crippen LogP contribution in [-0.4, -0.2) is 34.4 Å². The Balaban J connectivity index is 1.73. The predicted octanol–water partition coefficient (Wildman–Crippen LogP) is 2.25. The van der Waals surface area contributed by atoms with Gasteiger partial charge in [0.15, 0.2) is 0 Å². The molecule has 0 saturated heterocycles. The van der Waals surface area contributed by atoms with Gasteiger partial charge in [-0.1, -0.05) is 0 Å². The molecule has 0 bridgehead atoms. The number of nitrogens with one attached hydrogen (secondary N) is 2. The number of thioether (sulfide) groups is 1. The van der Waals surface area contributed by atoms with E-state index in [0.717, 1.165) is 23.4 Å². The number of pyridine rings is 1. The number of aromatic nitrogens is 1. The molecule has 1 aliphatic rings. The molecule has 1 saturated carbocycles. The number of hydrogen-bond donors (Lipinski definition) is 3. The molecule has 6 nitrogen and oxygen atoms in total. The number of nitrogens with zero attached hydrogens (tertiary/aromatic N) is 1. The maximum atomic E-state index is 11.9. The molecule has 2 rings (SSSR count). The lowest BCUT2D eigenvalue weighted by Gasteiger charge is -2.26. The third kappa shape index (κ3) is 4.91. The molecule has 1 aromatic rings. The molecule has 120 valence electrons. The normalized spacial score (nSPS) is 21.1. The van der Waals surface area contributed by atoms with Crippen LogP contribution in [0.15, 0.2) is 23.4 Å². The number of carbonyl (C=O) groups excluding carboxylic acids is 1. The second-order valence-corrected chi connectivity index (χ2v) is 6.25. The first-order valence-electron chi connectivity index (χ1n) is 7.34. The van der Waals surface area contributed by atoms with Crippen LogP contribution in [0.3, 0.4) is 0 Å². The van der Waals surface area contributed by atoms with Crippen molar-refractivity contribution in [2.24, 2.45) is 5.92 Å². The first kappa shape index (κ1) is 16.6. The number of rotatable bonds is 5. The summed E-state index contributed by atoms with van der Waals surface area (Å²) < 4.78 is 0. The van der Waals surface area contributed by atoms with E-state index in [1.807, 2.05) is 18.4 Å². The van der Waals surface area contributed by atoms with Gasteiger partial charge in [0, 0.05) is 18.8 Å². The van der Waals surface area contributed by atoms with Gasteiger partial charge in [-0.15, -0.1) is 11.8 Å². The predicted molar refractivity (Wildman–Crippen MR) is 84.8 cm³/mol. The molecule has 3 N–H and O–H groups in total. The van der Waals surface area contributed by atoms with Crippen molar-refractivity contribution in [1.82, 2.24) is 15.6 Å². The van der Waals surface area contributed by atoms with E-state index >= 15 is 0 Å². The zero-order chi connectivity index (χ0) is 15.9. The summed E-state index contributed by atoms with van der Waals surface area (Å²) in [5.74, 6) is -0.993. The summed E-state index contributed by atoms with van der Waals surface area (Å²) in [6, 6.07) is 3.68. The number of amides is 2. The van der Waals surface area contributed by atoms with Crippen LogP contribution < -0.4 is 10.6 Å². The van der Waals surface area contributed by atoms with Gasteiger partial charge >= 0.3 is 12.0 Å². The van der Waals surface area contributed by atoms with Crippen LogP contribution in [0.4, 0.5) is 4.79 Å². The molecule has 1 aliphatic carbocycles. The van der Waals surface area contributed by atoms with Gasteiger partial charge in [0.1, 0.15) is 0 Å². The van der Waals surface area contributed by atoms with Crippen LogP contribution in [0.2, 0.25) is 0 Å². The molecule has 0 atom stereocenters. The van der Waals surface area contributed by atoms with Crippen LogP contribution >= 0.6 is 11.8 Å². The number of carboxylic acid groups (broad SMARTS) is 1. The molecule has 2 amide bonds. The monoisotopic (exact) mass is 323 g/mol. The second kappa shape index (κ2) is 8.03. The van der Waals surface area contributed by atoms with Gasteiger partial charge in [0.2, 0.25) is 0 Å². The van der Waals surface area contributed by atoms with Crippen molar-refractivity contribution in [3.63, 3.8) is 0 Å². The largest absolute Gasteiger partial charge is 0.481 e. The number of aliphatic carboxylic acids is 1. The zero-order valence-corrected chi connectivity index (χ0v) is 13.4. The zero-order valence-electron chi connectivity index (χ0n) is 12.5. The average Bonchev–Trinajstić information content (AvgIpc) is 2.53. The van der Waals surface area contributed by atoms with E-state index in [1.54, 1.807) is 18.0 Å². The van der Waals surface area contributed by atoms with Crippen LogP contribution in [0.25, 0.3) is 0 Å². The molecule has 0 aliphatic heterocycles. The summed E-state index contributed by atoms with van der Waals surface area (Å²) in [5.41, 5.74) is 1.00. The lowest BCUT2D eigenvalue weighted by Crippen LogP contribution is -2.43. The topological polar surface area (TPSA) is 91.3 Å². The Morgan fingerprint density at radius 3 is 2.73 bits per heavy atom. The SMILES string of the molecule is CSc1cc(CNC(=O)NC2CCC(C(=O)O)CC2)ccn1. The van der Waals surface area contributed by atoms with Crippen LogP contribution in [0.1, 0.15) is 31.2 Å². The van der Waals surface area contributed by atoms with E-state index in [9.17, 15) is 9.59 Å². The molecule has 0 aromatic carbocycles. The molecular formula is C15H21N3O3S.